The van der Waals surface area contributed by atoms with E-state index in [4.69, 9.17) is 23.2 Å². The Morgan fingerprint density at radius 2 is 1.63 bits per heavy atom. The number of piperazine rings is 1. The Hall–Kier alpha value is -3.49. The maximum absolute atomic E-state index is 14.2. The van der Waals surface area contributed by atoms with Crippen molar-refractivity contribution in [2.75, 3.05) is 36.4 Å². The van der Waals surface area contributed by atoms with Crippen LogP contribution in [0.25, 0.3) is 0 Å². The van der Waals surface area contributed by atoms with Crippen LogP contribution in [-0.2, 0) is 4.79 Å². The summed E-state index contributed by atoms with van der Waals surface area (Å²) in [7, 11) is 0. The molecule has 0 radical (unpaired) electrons. The van der Waals surface area contributed by atoms with Gasteiger partial charge in [-0.1, -0.05) is 47.5 Å². The molecular formula is C28H27Cl2N5O3. The minimum absolute atomic E-state index is 0.143. The van der Waals surface area contributed by atoms with Crippen molar-refractivity contribution in [2.45, 2.75) is 25.8 Å². The van der Waals surface area contributed by atoms with Gasteiger partial charge in [-0.15, -0.1) is 0 Å². The molecule has 1 aromatic heterocycles. The molecule has 1 unspecified atom stereocenters. The summed E-state index contributed by atoms with van der Waals surface area (Å²) >= 11 is 12.6. The third-order valence-electron chi connectivity index (χ3n) is 7.48. The van der Waals surface area contributed by atoms with E-state index in [1.54, 1.807) is 22.9 Å². The summed E-state index contributed by atoms with van der Waals surface area (Å²) in [5, 5.41) is 3.93. The van der Waals surface area contributed by atoms with Gasteiger partial charge in [-0.2, -0.15) is 4.68 Å². The van der Waals surface area contributed by atoms with Crippen LogP contribution in [0.3, 0.4) is 0 Å². The Balaban J connectivity index is 1.39. The Bertz CT molecular complexity index is 1510. The molecule has 1 N–H and O–H groups in total. The zero-order valence-corrected chi connectivity index (χ0v) is 22.4. The van der Waals surface area contributed by atoms with E-state index in [1.807, 2.05) is 30.0 Å². The normalized spacial score (nSPS) is 19.3. The van der Waals surface area contributed by atoms with Crippen LogP contribution >= 0.6 is 23.2 Å². The highest BCUT2D eigenvalue weighted by atomic mass is 35.5. The Morgan fingerprint density at radius 3 is 2.29 bits per heavy atom. The average Bonchev–Trinajstić information content (AvgIpc) is 3.72. The molecular weight excluding hydrogens is 525 g/mol. The van der Waals surface area contributed by atoms with E-state index in [2.05, 4.69) is 22.3 Å². The van der Waals surface area contributed by atoms with Crippen molar-refractivity contribution in [3.05, 3.63) is 91.8 Å². The summed E-state index contributed by atoms with van der Waals surface area (Å²) in [6.07, 6.45) is 1.51. The van der Waals surface area contributed by atoms with Gasteiger partial charge in [-0.3, -0.25) is 14.4 Å². The van der Waals surface area contributed by atoms with E-state index in [9.17, 15) is 14.4 Å². The molecule has 6 rings (SSSR count). The Kier molecular flexibility index (Phi) is 6.32. The number of fused-ring (bicyclic) bond motifs is 1. The number of carbonyl (C=O) groups is 2. The zero-order valence-electron chi connectivity index (χ0n) is 20.9. The van der Waals surface area contributed by atoms with Crippen molar-refractivity contribution in [3.63, 3.8) is 0 Å². The molecule has 1 saturated heterocycles. The summed E-state index contributed by atoms with van der Waals surface area (Å²) in [6, 6.07) is 16.0. The van der Waals surface area contributed by atoms with Crippen molar-refractivity contribution in [2.24, 2.45) is 5.92 Å². The minimum atomic E-state index is -0.730. The molecule has 1 saturated carbocycles. The number of nitrogens with one attached hydrogen (secondary N) is 1. The van der Waals surface area contributed by atoms with E-state index in [1.165, 1.54) is 10.7 Å². The third-order valence-corrected chi connectivity index (χ3v) is 8.22. The first-order chi connectivity index (χ1) is 18.3. The summed E-state index contributed by atoms with van der Waals surface area (Å²) in [5.41, 5.74) is 2.47. The van der Waals surface area contributed by atoms with E-state index in [0.29, 0.717) is 58.9 Å². The highest BCUT2D eigenvalue weighted by Gasteiger charge is 2.40. The van der Waals surface area contributed by atoms with Crippen LogP contribution in [0, 0.1) is 5.92 Å². The number of allylic oxidation sites excluding steroid dienone is 1. The molecule has 0 bridgehead atoms. The highest BCUT2D eigenvalue weighted by Crippen LogP contribution is 2.40. The summed E-state index contributed by atoms with van der Waals surface area (Å²) in [5.74, 6) is -0.117. The van der Waals surface area contributed by atoms with Gasteiger partial charge in [-0.25, -0.2) is 4.68 Å². The number of halogens is 2. The molecule has 1 aliphatic carbocycles. The molecule has 10 heteroatoms. The smallest absolute Gasteiger partial charge is 0.276 e. The van der Waals surface area contributed by atoms with Crippen LogP contribution in [0.1, 0.15) is 36.2 Å². The van der Waals surface area contributed by atoms with E-state index in [-0.39, 0.29) is 17.7 Å². The lowest BCUT2D eigenvalue weighted by atomic mass is 9.94. The molecule has 3 aromatic rings. The van der Waals surface area contributed by atoms with Crippen LogP contribution in [-0.4, -0.2) is 52.3 Å². The zero-order chi connectivity index (χ0) is 26.6. The van der Waals surface area contributed by atoms with Crippen LogP contribution in [0.4, 0.5) is 11.5 Å². The maximum Gasteiger partial charge on any atom is 0.276 e. The number of hydrogen-bond acceptors (Lipinski definition) is 5. The fourth-order valence-corrected chi connectivity index (χ4v) is 5.66. The van der Waals surface area contributed by atoms with Crippen LogP contribution in [0.15, 0.2) is 70.7 Å². The first-order valence-electron chi connectivity index (χ1n) is 12.7. The van der Waals surface area contributed by atoms with Crippen molar-refractivity contribution >= 4 is 46.5 Å². The minimum Gasteiger partial charge on any atom is -0.368 e. The largest absolute Gasteiger partial charge is 0.368 e. The first kappa shape index (κ1) is 24.8. The third kappa shape index (κ3) is 4.31. The van der Waals surface area contributed by atoms with Gasteiger partial charge >= 0.3 is 0 Å². The molecule has 3 aliphatic rings. The number of aromatic nitrogens is 2. The van der Waals surface area contributed by atoms with E-state index < -0.39 is 11.6 Å². The van der Waals surface area contributed by atoms with Crippen molar-refractivity contribution in [1.29, 1.82) is 0 Å². The number of amides is 1. The molecule has 38 heavy (non-hydrogen) atoms. The van der Waals surface area contributed by atoms with Crippen LogP contribution < -0.4 is 15.8 Å². The number of para-hydroxylation sites is 1. The average molecular weight is 552 g/mol. The SMILES string of the molecule is CC1=C(C(=O)N2CCN(c3ccccc3)CC2)C(c2ccc(Cl)c(Cl)c2)n2c(cc(=O)n2C(=O)C2CC2)N1. The molecule has 2 fully saturated rings. The number of carbonyl (C=O) groups excluding carboxylic acids is 2. The summed E-state index contributed by atoms with van der Waals surface area (Å²) < 4.78 is 2.79. The lowest BCUT2D eigenvalue weighted by Gasteiger charge is -2.39. The van der Waals surface area contributed by atoms with Crippen molar-refractivity contribution in [3.8, 4) is 0 Å². The molecule has 196 valence electrons. The number of hydrogen-bond donors (Lipinski definition) is 1. The second-order valence-corrected chi connectivity index (χ2v) is 10.8. The maximum atomic E-state index is 14.2. The Morgan fingerprint density at radius 1 is 0.921 bits per heavy atom. The highest BCUT2D eigenvalue weighted by molar-refractivity contribution is 6.42. The van der Waals surface area contributed by atoms with Crippen LogP contribution in [0.5, 0.6) is 0 Å². The molecule has 0 spiro atoms. The molecule has 2 aromatic carbocycles. The fraction of sp³-hybridized carbons (Fsp3) is 0.321. The van der Waals surface area contributed by atoms with Gasteiger partial charge in [0.25, 0.3) is 17.4 Å². The summed E-state index contributed by atoms with van der Waals surface area (Å²) in [6.45, 7) is 4.32. The monoisotopic (exact) mass is 551 g/mol. The van der Waals surface area contributed by atoms with Gasteiger partial charge in [0.2, 0.25) is 0 Å². The number of anilines is 2. The standard InChI is InChI=1S/C28H27Cl2N5O3/c1-17-25(28(38)33-13-11-32(12-14-33)20-5-3-2-4-6-20)26(19-9-10-21(29)22(30)15-19)34-23(31-17)16-24(36)35(34)27(37)18-7-8-18/h2-6,9-10,15-16,18,26,31H,7-8,11-14H2,1H3. The first-order valence-corrected chi connectivity index (χ1v) is 13.5. The second kappa shape index (κ2) is 9.67. The van der Waals surface area contributed by atoms with Gasteiger partial charge < -0.3 is 15.1 Å². The van der Waals surface area contributed by atoms with Gasteiger partial charge in [0.15, 0.2) is 0 Å². The summed E-state index contributed by atoms with van der Waals surface area (Å²) in [4.78, 5) is 44.5. The lowest BCUT2D eigenvalue weighted by molar-refractivity contribution is -0.128. The molecule has 3 heterocycles. The fourth-order valence-electron chi connectivity index (χ4n) is 5.36. The number of nitrogens with zero attached hydrogens (tertiary/aromatic N) is 4. The van der Waals surface area contributed by atoms with Gasteiger partial charge in [-0.05, 0) is 49.6 Å². The van der Waals surface area contributed by atoms with Gasteiger partial charge in [0.05, 0.1) is 15.6 Å². The molecule has 1 atom stereocenters. The molecule has 1 amide bonds. The lowest BCUT2D eigenvalue weighted by Crippen LogP contribution is -2.50. The van der Waals surface area contributed by atoms with E-state index >= 15 is 0 Å². The predicted octanol–water partition coefficient (Wildman–Crippen LogP) is 4.64. The van der Waals surface area contributed by atoms with Gasteiger partial charge in [0.1, 0.15) is 11.9 Å². The number of benzene rings is 2. The van der Waals surface area contributed by atoms with Crippen molar-refractivity contribution in [1.82, 2.24) is 14.3 Å². The topological polar surface area (TPSA) is 79.6 Å². The van der Waals surface area contributed by atoms with Gasteiger partial charge in [0, 0.05) is 49.5 Å². The molecule has 2 aliphatic heterocycles. The van der Waals surface area contributed by atoms with Crippen LogP contribution in [0.2, 0.25) is 10.0 Å². The number of rotatable bonds is 4. The second-order valence-electron chi connectivity index (χ2n) is 9.99. The quantitative estimate of drug-likeness (QED) is 0.510. The Labute approximate surface area is 230 Å². The molecule has 8 nitrogen and oxygen atoms in total. The predicted molar refractivity (Wildman–Crippen MR) is 148 cm³/mol. The van der Waals surface area contributed by atoms with Crippen molar-refractivity contribution < 1.29 is 9.59 Å². The van der Waals surface area contributed by atoms with E-state index in [0.717, 1.165) is 18.5 Å².